The fourth-order valence-corrected chi connectivity index (χ4v) is 46.0. The average molecular weight is 2320 g/mol. The van der Waals surface area contributed by atoms with Gasteiger partial charge < -0.3 is 0 Å². The van der Waals surface area contributed by atoms with Crippen LogP contribution in [0, 0.1) is 0 Å². The van der Waals surface area contributed by atoms with Gasteiger partial charge in [0.15, 0.2) is 7.83 Å². The summed E-state index contributed by atoms with van der Waals surface area (Å²) in [4.78, 5) is 25.4. The Morgan fingerprint density at radius 2 is 0.608 bits per heavy atom. The molecule has 0 unspecified atom stereocenters. The summed E-state index contributed by atoms with van der Waals surface area (Å²) in [5, 5.41) is 8.39. The first-order chi connectivity index (χ1) is 58.5. The molecule has 38 heteroatoms. The van der Waals surface area contributed by atoms with Gasteiger partial charge in [-0.15, -0.1) is 45.3 Å². The molecule has 0 spiro atoms. The molecule has 0 saturated heterocycles. The Balaban J connectivity index is 0.000000124. The number of aromatic nitrogens is 11. The van der Waals surface area contributed by atoms with E-state index < -0.39 is 34.2 Å². The van der Waals surface area contributed by atoms with Crippen molar-refractivity contribution in [2.24, 2.45) is 26.2 Å². The number of benzene rings is 9. The second kappa shape index (κ2) is 46.9. The van der Waals surface area contributed by atoms with Gasteiger partial charge in [-0.05, 0) is 111 Å². The van der Waals surface area contributed by atoms with Gasteiger partial charge in [0.1, 0.15) is 67.2 Å². The molecule has 0 fully saturated rings. The van der Waals surface area contributed by atoms with E-state index in [4.69, 9.17) is 19.1 Å². The number of fused-ring (bicyclic) bond motifs is 6. The van der Waals surface area contributed by atoms with Gasteiger partial charge in [-0.2, -0.15) is 52.4 Å². The molecule has 3 aliphatic heterocycles. The summed E-state index contributed by atoms with van der Waals surface area (Å²) in [5.74, 6) is 0. The molecule has 120 heavy (non-hydrogen) atoms. The van der Waals surface area contributed by atoms with Crippen LogP contribution in [0.5, 0.6) is 0 Å². The summed E-state index contributed by atoms with van der Waals surface area (Å²) in [6.45, 7) is 7.01. The maximum atomic E-state index is 4.81. The Morgan fingerprint density at radius 3 is 0.858 bits per heavy atom. The van der Waals surface area contributed by atoms with Crippen LogP contribution in [-0.4, -0.2) is 69.5 Å². The third-order valence-electron chi connectivity index (χ3n) is 18.5. The number of halogens is 6. The largest absolute Gasteiger partial charge is 0.252 e. The Hall–Kier alpha value is -5.13. The van der Waals surface area contributed by atoms with Crippen LogP contribution in [0.4, 0.5) is 34.1 Å². The van der Waals surface area contributed by atoms with E-state index in [0.29, 0.717) is 0 Å². The normalized spacial score (nSPS) is 11.8. The third kappa shape index (κ3) is 22.4. The van der Waals surface area contributed by atoms with Crippen molar-refractivity contribution in [3.05, 3.63) is 246 Å². The van der Waals surface area contributed by atoms with E-state index in [0.717, 1.165) is 126 Å². The van der Waals surface area contributed by atoms with Gasteiger partial charge in [0.25, 0.3) is 0 Å². The predicted octanol–water partition coefficient (Wildman–Crippen LogP) is 28.9. The molecule has 20 rings (SSSR count). The summed E-state index contributed by atoms with van der Waals surface area (Å²) in [5.41, 5.74) is 19.6. The molecule has 0 saturated carbocycles. The monoisotopic (exact) mass is 2320 g/mol. The van der Waals surface area contributed by atoms with Gasteiger partial charge >= 0.3 is 157 Å². The van der Waals surface area contributed by atoms with Crippen LogP contribution in [0.3, 0.4) is 0 Å². The zero-order valence-corrected chi connectivity index (χ0v) is 85.9. The quantitative estimate of drug-likeness (QED) is 0.0516. The van der Waals surface area contributed by atoms with Crippen molar-refractivity contribution >= 4 is 345 Å². The van der Waals surface area contributed by atoms with Crippen molar-refractivity contribution < 1.29 is 15.9 Å². The van der Waals surface area contributed by atoms with Crippen LogP contribution < -0.4 is 34.7 Å². The summed E-state index contributed by atoms with van der Waals surface area (Å²) in [6.07, 6.45) is 18.0. The molecular weight excluding hydrogens is 2250 g/mol. The Morgan fingerprint density at radius 1 is 0.342 bits per heavy atom. The number of rotatable bonds is 20. The van der Waals surface area contributed by atoms with Crippen LogP contribution >= 0.6 is 190 Å². The predicted molar refractivity (Wildman–Crippen MR) is 537 cm³/mol. The van der Waals surface area contributed by atoms with Crippen LogP contribution in [0.25, 0.3) is 74.9 Å². The van der Waals surface area contributed by atoms with E-state index >= 15 is 0 Å². The Kier molecular flexibility index (Phi) is 36.2. The van der Waals surface area contributed by atoms with Gasteiger partial charge in [0.05, 0.1) is 131 Å². The van der Waals surface area contributed by atoms with Crippen molar-refractivity contribution in [2.45, 2.75) is 80.0 Å². The van der Waals surface area contributed by atoms with E-state index in [9.17, 15) is 0 Å². The number of hydrogen-bond donors (Lipinski definition) is 0. The molecule has 17 aromatic rings. The maximum absolute atomic E-state index is 4.81. The van der Waals surface area contributed by atoms with Gasteiger partial charge in [-0.1, -0.05) is 189 Å². The van der Waals surface area contributed by atoms with Crippen LogP contribution in [0.1, 0.15) is 66.7 Å². The molecule has 8 aromatic heterocycles. The Bertz CT molecular complexity index is 5860. The maximum Gasteiger partial charge on any atom is 0.116 e. The number of hydrogen-bond acceptors (Lipinski definition) is 25. The summed E-state index contributed by atoms with van der Waals surface area (Å²) >= 11 is 26.9. The molecule has 0 bridgehead atoms. The zero-order valence-electron chi connectivity index (χ0n) is 62.9. The van der Waals surface area contributed by atoms with Crippen molar-refractivity contribution in [1.29, 1.82) is 0 Å². The van der Waals surface area contributed by atoms with Crippen molar-refractivity contribution in [3.63, 3.8) is 0 Å². The van der Waals surface area contributed by atoms with Crippen LogP contribution in [0.2, 0.25) is 13.3 Å². The fraction of sp³-hybridized carbons (Fsp3) is 0.159. The van der Waals surface area contributed by atoms with Gasteiger partial charge in [0.2, 0.25) is 0 Å². The van der Waals surface area contributed by atoms with E-state index in [2.05, 4.69) is 356 Å². The smallest absolute Gasteiger partial charge is 0.116 e. The molecule has 0 amide bonds. The van der Waals surface area contributed by atoms with E-state index in [1.807, 2.05) is 47.1 Å². The minimum Gasteiger partial charge on any atom is -0.252 e. The van der Waals surface area contributed by atoms with E-state index in [1.165, 1.54) is 140 Å². The van der Waals surface area contributed by atoms with Gasteiger partial charge in [0, 0.05) is 24.8 Å². The molecule has 0 radical (unpaired) electrons. The fourth-order valence-electron chi connectivity index (χ4n) is 13.2. The van der Waals surface area contributed by atoms with Crippen molar-refractivity contribution in [3.8, 4) is 41.8 Å². The molecule has 3 aliphatic rings. The van der Waals surface area contributed by atoms with Crippen LogP contribution in [-0.2, 0) is 50.0 Å². The van der Waals surface area contributed by atoms with Crippen molar-refractivity contribution in [1.82, 2.24) is 51.2 Å². The first-order valence-corrected chi connectivity index (χ1v) is 62.7. The zero-order chi connectivity index (χ0) is 82.3. The molecule has 9 aromatic carbocycles. The first-order valence-electron chi connectivity index (χ1n) is 36.7. The van der Waals surface area contributed by atoms with Crippen LogP contribution in [0.15, 0.2) is 272 Å². The summed E-state index contributed by atoms with van der Waals surface area (Å²) in [6, 6.07) is 64.7. The number of nitrogens with zero attached hydrogens (tertiary/aromatic N) is 17. The van der Waals surface area contributed by atoms with Gasteiger partial charge in [-0.3, -0.25) is 9.97 Å². The second-order valence-corrected chi connectivity index (χ2v) is 58.8. The third-order valence-corrected chi connectivity index (χ3v) is 51.7. The van der Waals surface area contributed by atoms with E-state index in [-0.39, 0.29) is 23.4 Å². The molecule has 11 heterocycles. The minimum absolute atomic E-state index is 0. The minimum atomic E-state index is -2.08. The average Bonchev–Trinajstić information content (AvgIpc) is 1.55. The second-order valence-electron chi connectivity index (χ2n) is 25.8. The van der Waals surface area contributed by atoms with Gasteiger partial charge in [-0.25, -0.2) is 9.97 Å². The number of unbranched alkanes of at least 4 members (excludes halogenated alkanes) is 3. The van der Waals surface area contributed by atoms with E-state index in [1.54, 1.807) is 61.6 Å². The van der Waals surface area contributed by atoms with Crippen molar-refractivity contribution in [2.75, 3.05) is 0 Å². The number of thiazole rings is 5. The SMILES string of the molecule is Brc1c2c(c(Br)c3nsnc13)N=S=N2.Brc1ncc(-c2c3c(c(-c4cnc(Br)s4)c4nsnc24)N=S=N3)s1.C.CCC[CH2][Sn]([CH2]CCC)([CH2]CCC)[c]1cncs1.[Cl][Pd][Cl].c1ccc(P(c2ccccc2)c2ccccc2)cc1.c1ccc(P(c2ccccc2)c2ccccc2)cc1.c1ncc(-c2c3c(c(-c4cncs4)c4nsnc24)N=S=N3)s1. The Labute approximate surface area is 795 Å². The topological polar surface area (TPSA) is 216 Å². The summed E-state index contributed by atoms with van der Waals surface area (Å²) in [7, 11) is 8.74. The molecule has 614 valence electrons. The molecule has 0 atom stereocenters. The molecule has 17 nitrogen and oxygen atoms in total. The molecule has 0 aliphatic carbocycles. The summed E-state index contributed by atoms with van der Waals surface area (Å²) < 4.78 is 62.8. The standard InChI is InChI=1S/2C18H15P.C12H2Br2N6S4.C12H4N6S4.C6Br2N4S2.3C4H9.C3H2NS.CH4.2ClH.Pd.Sn/c2*1-4-10-16(11-5-1)19(17-12-6-2-7-13-17)18-14-8-3-9-15-18;13-11-15-1-3(21-11)5-7-9(19-23-17-7)6(4-2-16-12(14)22-4)10-8(5)18-24-20-10;1-5(19-3-13-1)7-9-11(17-21-15-9)8(6-2-14-4-20-6)12-10(7)16-22-18-12;7-1-3-5(11-13-9-3)2(8)6-4(1)10-14-12-6;3*1-3-4-2;1-2-5-3-4-1;;;;;/h2*1-15H;1-2H;1-4H;;3*1,3-4H2,2H3;1,3H;1H4;2*1H;;/q;;;;;;;;;;;;+2;/p-2. The molecular formula is C82H69Br4Cl2N17P2PdS11Sn. The first kappa shape index (κ1) is 92.5. The molecule has 0 N–H and O–H groups in total.